The van der Waals surface area contributed by atoms with Crippen molar-refractivity contribution in [2.24, 2.45) is 23.2 Å². The topological polar surface area (TPSA) is 270 Å². The number of hydrogen-bond acceptors (Lipinski definition) is 11. The van der Waals surface area contributed by atoms with E-state index in [4.69, 9.17) is 0 Å². The Hall–Kier alpha value is -7.25. The van der Waals surface area contributed by atoms with Crippen molar-refractivity contribution in [2.45, 2.75) is 123 Å². The van der Waals surface area contributed by atoms with Crippen LogP contribution < -0.4 is 37.2 Å². The maximum absolute atomic E-state index is 14.6. The summed E-state index contributed by atoms with van der Waals surface area (Å²) in [6.45, 7) is 10.0. The number of anilines is 1. The van der Waals surface area contributed by atoms with Gasteiger partial charge < -0.3 is 47.0 Å². The third kappa shape index (κ3) is 15.1. The van der Waals surface area contributed by atoms with Gasteiger partial charge in [0.25, 0.3) is 11.8 Å². The van der Waals surface area contributed by atoms with Gasteiger partial charge in [0.1, 0.15) is 29.9 Å². The zero-order valence-corrected chi connectivity index (χ0v) is 42.5. The first-order valence-corrected chi connectivity index (χ1v) is 24.7. The Labute approximate surface area is 421 Å². The van der Waals surface area contributed by atoms with Gasteiger partial charge in [-0.2, -0.15) is 0 Å². The standard InChI is InChI=1S/C52H71N11O9/c1-9-19-36(42(64)48(69)58-39(31(2)3)46(67)60-41(50(71)62(7)8)33-22-15-11-16-23-33)56-44(65)35-29-63(51(72)55-34-24-17-12-18-25-34)30-38(35)57-49(70)43(52(4,5)6)61-47(68)40(32-20-13-10-14-21-32)59-45(66)37-28-53-26-27-54-37/h11-12,15-18,22-28,31-32,35-36,38-41,43H,9-10,13-14,19-21,29-30H2,1-8H3,(H,55,72)(H,56,65)(H,57,70)(H,58,69)(H,59,66)(H,60,67)(H,61,68)/t35-,36+,38+,39+,40+,41+,43-/m1/s1. The fraction of sp³-hybridized carbons (Fsp3) is 0.519. The Kier molecular flexibility index (Phi) is 19.9. The number of urea groups is 1. The highest BCUT2D eigenvalue weighted by atomic mass is 16.2. The molecule has 1 saturated heterocycles. The van der Waals surface area contributed by atoms with E-state index in [2.05, 4.69) is 47.2 Å². The maximum atomic E-state index is 14.6. The van der Waals surface area contributed by atoms with E-state index in [0.29, 0.717) is 30.5 Å². The van der Waals surface area contributed by atoms with Crippen LogP contribution in [-0.4, -0.2) is 130 Å². The maximum Gasteiger partial charge on any atom is 0.321 e. The average molecular weight is 994 g/mol. The van der Waals surface area contributed by atoms with E-state index in [1.807, 2.05) is 0 Å². The van der Waals surface area contributed by atoms with Crippen molar-refractivity contribution in [1.82, 2.24) is 51.7 Å². The monoisotopic (exact) mass is 994 g/mol. The van der Waals surface area contributed by atoms with Crippen molar-refractivity contribution in [2.75, 3.05) is 32.5 Å². The van der Waals surface area contributed by atoms with Crippen molar-refractivity contribution in [3.05, 3.63) is 90.5 Å². The highest BCUT2D eigenvalue weighted by molar-refractivity contribution is 6.38. The molecule has 388 valence electrons. The summed E-state index contributed by atoms with van der Waals surface area (Å²) in [5, 5.41) is 19.5. The second-order valence-electron chi connectivity index (χ2n) is 20.2. The Bertz CT molecular complexity index is 2380. The van der Waals surface area contributed by atoms with Crippen molar-refractivity contribution in [1.29, 1.82) is 0 Å². The molecule has 0 unspecified atom stereocenters. The van der Waals surface area contributed by atoms with Crippen LogP contribution in [0.15, 0.2) is 79.3 Å². The number of likely N-dealkylation sites (N-methyl/N-ethyl adjacent to an activating group) is 1. The van der Waals surface area contributed by atoms with Crippen LogP contribution in [0.5, 0.6) is 0 Å². The van der Waals surface area contributed by atoms with Crippen LogP contribution in [-0.2, 0) is 33.6 Å². The summed E-state index contributed by atoms with van der Waals surface area (Å²) in [6, 6.07) is 9.71. The van der Waals surface area contributed by atoms with E-state index in [-0.39, 0.29) is 31.1 Å². The van der Waals surface area contributed by atoms with Gasteiger partial charge >= 0.3 is 6.03 Å². The summed E-state index contributed by atoms with van der Waals surface area (Å²) in [5.41, 5.74) is 0.118. The van der Waals surface area contributed by atoms with E-state index in [1.165, 1.54) is 28.4 Å². The van der Waals surface area contributed by atoms with Gasteiger partial charge in [0.05, 0.1) is 24.2 Å². The largest absolute Gasteiger partial charge is 0.349 e. The van der Waals surface area contributed by atoms with Crippen LogP contribution in [0.25, 0.3) is 0 Å². The van der Waals surface area contributed by atoms with Crippen molar-refractivity contribution in [3.63, 3.8) is 0 Å². The minimum Gasteiger partial charge on any atom is -0.349 e. The highest BCUT2D eigenvalue weighted by Gasteiger charge is 2.45. The molecular weight excluding hydrogens is 923 g/mol. The summed E-state index contributed by atoms with van der Waals surface area (Å²) in [4.78, 5) is 136. The molecule has 9 amide bonds. The molecule has 2 heterocycles. The molecule has 2 aromatic carbocycles. The molecule has 20 nitrogen and oxygen atoms in total. The minimum atomic E-state index is -1.37. The zero-order chi connectivity index (χ0) is 52.7. The smallest absolute Gasteiger partial charge is 0.321 e. The summed E-state index contributed by atoms with van der Waals surface area (Å²) in [6.07, 6.45) is 8.54. The number of nitrogens with zero attached hydrogens (tertiary/aromatic N) is 4. The molecule has 2 fully saturated rings. The molecule has 1 aromatic heterocycles. The highest BCUT2D eigenvalue weighted by Crippen LogP contribution is 2.29. The number of carbonyl (C=O) groups is 9. The third-order valence-corrected chi connectivity index (χ3v) is 13.0. The minimum absolute atomic E-state index is 0.0274. The number of ketones is 1. The number of rotatable bonds is 20. The molecule has 0 bridgehead atoms. The Morgan fingerprint density at radius 2 is 1.42 bits per heavy atom. The molecule has 1 saturated carbocycles. The summed E-state index contributed by atoms with van der Waals surface area (Å²) < 4.78 is 0. The van der Waals surface area contributed by atoms with Gasteiger partial charge in [-0.15, -0.1) is 0 Å². The third-order valence-electron chi connectivity index (χ3n) is 13.0. The lowest BCUT2D eigenvalue weighted by atomic mass is 9.82. The van der Waals surface area contributed by atoms with E-state index >= 15 is 0 Å². The van der Waals surface area contributed by atoms with Gasteiger partial charge in [-0.25, -0.2) is 9.78 Å². The van der Waals surface area contributed by atoms with Gasteiger partial charge in [-0.05, 0) is 54.2 Å². The number of hydrogen-bond donors (Lipinski definition) is 7. The van der Waals surface area contributed by atoms with E-state index in [9.17, 15) is 43.2 Å². The fourth-order valence-electron chi connectivity index (χ4n) is 8.94. The van der Waals surface area contributed by atoms with E-state index in [0.717, 1.165) is 19.3 Å². The summed E-state index contributed by atoms with van der Waals surface area (Å²) in [5.74, 6) is -7.75. The van der Waals surface area contributed by atoms with Gasteiger partial charge in [0.15, 0.2) is 0 Å². The number of para-hydroxylation sites is 1. The first kappa shape index (κ1) is 55.7. The molecule has 1 aliphatic heterocycles. The second-order valence-corrected chi connectivity index (χ2v) is 20.2. The number of benzene rings is 2. The lowest BCUT2D eigenvalue weighted by molar-refractivity contribution is -0.142. The van der Waals surface area contributed by atoms with Crippen LogP contribution in [0.2, 0.25) is 0 Å². The SMILES string of the molecule is CCC[C@H](NC(=O)[C@@H]1CN(C(=O)Nc2ccccc2)C[C@@H]1NC(=O)[C@@H](NC(=O)[C@@H](NC(=O)c1cnccn1)C1CCCCC1)C(C)(C)C)C(=O)C(=O)N[C@H](C(=O)N[C@H](C(=O)N(C)C)c1ccccc1)C(C)C. The van der Waals surface area contributed by atoms with E-state index < -0.39 is 107 Å². The number of likely N-dealkylation sites (tertiary alicyclic amines) is 1. The molecule has 5 rings (SSSR count). The molecule has 0 radical (unpaired) electrons. The number of aromatic nitrogens is 2. The number of nitrogens with one attached hydrogen (secondary N) is 7. The first-order chi connectivity index (χ1) is 34.2. The lowest BCUT2D eigenvalue weighted by Crippen LogP contribution is -2.61. The Balaban J connectivity index is 1.36. The van der Waals surface area contributed by atoms with Gasteiger partial charge in [-0.1, -0.05) is 116 Å². The van der Waals surface area contributed by atoms with Crippen LogP contribution >= 0.6 is 0 Å². The number of amides is 9. The lowest BCUT2D eigenvalue weighted by Gasteiger charge is -2.35. The van der Waals surface area contributed by atoms with Gasteiger partial charge in [0.2, 0.25) is 35.3 Å². The molecule has 72 heavy (non-hydrogen) atoms. The fourth-order valence-corrected chi connectivity index (χ4v) is 8.94. The second kappa shape index (κ2) is 25.7. The van der Waals surface area contributed by atoms with E-state index in [1.54, 1.807) is 116 Å². The summed E-state index contributed by atoms with van der Waals surface area (Å²) in [7, 11) is 3.10. The first-order valence-electron chi connectivity index (χ1n) is 24.7. The Morgan fingerprint density at radius 3 is 2.00 bits per heavy atom. The van der Waals surface area contributed by atoms with Crippen molar-refractivity contribution >= 4 is 58.9 Å². The Morgan fingerprint density at radius 1 is 0.764 bits per heavy atom. The number of carbonyl (C=O) groups excluding carboxylic acids is 9. The summed E-state index contributed by atoms with van der Waals surface area (Å²) >= 11 is 0. The van der Waals surface area contributed by atoms with Gasteiger partial charge in [0, 0.05) is 45.3 Å². The predicted molar refractivity (Wildman–Crippen MR) is 268 cm³/mol. The van der Waals surface area contributed by atoms with Crippen molar-refractivity contribution in [3.8, 4) is 0 Å². The zero-order valence-electron chi connectivity index (χ0n) is 42.5. The quantitative estimate of drug-likeness (QED) is 0.0808. The van der Waals surface area contributed by atoms with Crippen LogP contribution in [0.4, 0.5) is 10.5 Å². The van der Waals surface area contributed by atoms with Crippen LogP contribution in [0.1, 0.15) is 109 Å². The molecule has 20 heteroatoms. The molecule has 3 aromatic rings. The average Bonchev–Trinajstić information content (AvgIpc) is 3.79. The molecule has 7 atom stereocenters. The van der Waals surface area contributed by atoms with Crippen LogP contribution in [0, 0.1) is 23.2 Å². The van der Waals surface area contributed by atoms with Gasteiger partial charge in [-0.3, -0.25) is 43.3 Å². The number of Topliss-reactive ketones (excluding diaryl/α,β-unsaturated/α-hetero) is 1. The normalized spacial score (nSPS) is 18.0. The van der Waals surface area contributed by atoms with Crippen molar-refractivity contribution < 1.29 is 43.2 Å². The van der Waals surface area contributed by atoms with Crippen LogP contribution in [0.3, 0.4) is 0 Å². The molecule has 7 N–H and O–H groups in total. The molecule has 0 spiro atoms. The molecule has 2 aliphatic rings. The molecular formula is C52H71N11O9. The molecule has 1 aliphatic carbocycles. The predicted octanol–water partition coefficient (Wildman–Crippen LogP) is 3.28.